The van der Waals surface area contributed by atoms with Gasteiger partial charge in [0.15, 0.2) is 0 Å². The first-order chi connectivity index (χ1) is 32.3. The molecular weight excluding hydrogens is 1060 g/mol. The Hall–Kier alpha value is -7.10. The summed E-state index contributed by atoms with van der Waals surface area (Å²) in [5.74, 6) is -1.98. The highest BCUT2D eigenvalue weighted by atomic mass is 32.2. The van der Waals surface area contributed by atoms with Gasteiger partial charge in [-0.1, -0.05) is 24.3 Å². The van der Waals surface area contributed by atoms with Crippen LogP contribution in [0.3, 0.4) is 0 Å². The minimum absolute atomic E-state index is 0.149. The van der Waals surface area contributed by atoms with Gasteiger partial charge in [0.2, 0.25) is 23.8 Å². The van der Waals surface area contributed by atoms with Gasteiger partial charge in [0.1, 0.15) is 19.6 Å². The van der Waals surface area contributed by atoms with Crippen LogP contribution in [0.1, 0.15) is 11.1 Å². The Morgan fingerprint density at radius 1 is 0.386 bits per heavy atom. The van der Waals surface area contributed by atoms with Crippen LogP contribution in [0.15, 0.2) is 102 Å². The topological polar surface area (TPSA) is 470 Å². The summed E-state index contributed by atoms with van der Waals surface area (Å²) in [5, 5.41) is 9.91. The molecule has 0 saturated heterocycles. The molecule has 30 nitrogen and oxygen atoms in total. The van der Waals surface area contributed by atoms with Gasteiger partial charge in [0, 0.05) is 11.4 Å². The maximum atomic E-state index is 12.6. The van der Waals surface area contributed by atoms with Crippen molar-refractivity contribution in [1.82, 2.24) is 29.9 Å². The smallest absolute Gasteiger partial charge is 0.322 e. The van der Waals surface area contributed by atoms with Crippen molar-refractivity contribution < 1.29 is 87.3 Å². The number of hydrogen-bond donors (Lipinski definition) is 10. The van der Waals surface area contributed by atoms with Crippen molar-refractivity contribution in [3.8, 4) is 12.0 Å². The first kappa shape index (κ1) is 52.3. The predicted molar refractivity (Wildman–Crippen MR) is 239 cm³/mol. The van der Waals surface area contributed by atoms with E-state index in [4.69, 9.17) is 9.47 Å². The lowest BCUT2D eigenvalue weighted by Gasteiger charge is -2.13. The van der Waals surface area contributed by atoms with E-state index in [1.165, 1.54) is 12.1 Å². The molecule has 0 amide bonds. The zero-order valence-electron chi connectivity index (χ0n) is 34.6. The minimum Gasteiger partial charge on any atom is -0.467 e. The number of aromatic nitrogens is 6. The summed E-state index contributed by atoms with van der Waals surface area (Å²) in [6, 6.07) is 9.50. The maximum absolute atomic E-state index is 12.6. The molecule has 0 unspecified atom stereocenters. The summed E-state index contributed by atoms with van der Waals surface area (Å²) in [4.78, 5) is 18.7. The number of hydrogen-bond acceptors (Lipinski definition) is 24. The van der Waals surface area contributed by atoms with Gasteiger partial charge in [0.25, 0.3) is 60.7 Å². The van der Waals surface area contributed by atoms with Gasteiger partial charge in [-0.15, -0.1) is 0 Å². The third-order valence-electron chi connectivity index (χ3n) is 8.68. The molecule has 2 aromatic heterocycles. The summed E-state index contributed by atoms with van der Waals surface area (Å²) < 4.78 is 214. The number of benzene rings is 4. The fraction of sp³-hybridized carbons (Fsp3) is 0.0588. The van der Waals surface area contributed by atoms with Crippen molar-refractivity contribution in [2.45, 2.75) is 29.4 Å². The van der Waals surface area contributed by atoms with Crippen LogP contribution in [-0.2, 0) is 60.7 Å². The van der Waals surface area contributed by atoms with Crippen LogP contribution in [0.4, 0.5) is 46.5 Å². The first-order valence-corrected chi connectivity index (χ1v) is 26.7. The fourth-order valence-electron chi connectivity index (χ4n) is 5.73. The number of methoxy groups -OCH3 is 2. The van der Waals surface area contributed by atoms with E-state index in [0.29, 0.717) is 36.4 Å². The zero-order valence-corrected chi connectivity index (χ0v) is 39.5. The SMILES string of the molecule is COc1nc(Nc2ccc(C=Cc3ccc(Nc4nc(Nc5cc(S(=O)(=O)O)ccc5S(=O)(=O)O)nc(OC)n4)cc3S(=O)(=O)O)c(S(=O)(=O)O)c2)nc(Nc2cc(S(=O)(=O)O)ccc2S(=O)(=O)O)n1. The summed E-state index contributed by atoms with van der Waals surface area (Å²) in [6.07, 6.45) is 2.08. The molecular formula is C34H30N10O20S6. The van der Waals surface area contributed by atoms with E-state index in [1.807, 2.05) is 0 Å². The van der Waals surface area contributed by atoms with Gasteiger partial charge in [-0.05, 0) is 71.8 Å². The number of anilines is 8. The lowest BCUT2D eigenvalue weighted by atomic mass is 10.1. The van der Waals surface area contributed by atoms with Crippen molar-refractivity contribution in [2.75, 3.05) is 35.5 Å². The zero-order chi connectivity index (χ0) is 51.8. The van der Waals surface area contributed by atoms with Crippen molar-refractivity contribution >= 4 is 119 Å². The molecule has 0 aliphatic rings. The molecule has 36 heteroatoms. The van der Waals surface area contributed by atoms with Crippen LogP contribution in [0.5, 0.6) is 12.0 Å². The second kappa shape index (κ2) is 19.4. The Balaban J connectivity index is 1.30. The third-order valence-corrected chi connectivity index (χ3v) is 14.0. The van der Waals surface area contributed by atoms with E-state index in [9.17, 15) is 77.8 Å². The fourth-order valence-corrected chi connectivity index (χ4v) is 9.42. The van der Waals surface area contributed by atoms with Crippen LogP contribution < -0.4 is 30.7 Å². The molecule has 4 aromatic carbocycles. The molecule has 0 spiro atoms. The van der Waals surface area contributed by atoms with Crippen molar-refractivity contribution in [2.24, 2.45) is 0 Å². The lowest BCUT2D eigenvalue weighted by molar-refractivity contribution is 0.379. The molecule has 372 valence electrons. The molecule has 0 atom stereocenters. The van der Waals surface area contributed by atoms with Crippen molar-refractivity contribution in [3.63, 3.8) is 0 Å². The van der Waals surface area contributed by atoms with Gasteiger partial charge < -0.3 is 30.7 Å². The minimum atomic E-state index is -5.10. The van der Waals surface area contributed by atoms with Gasteiger partial charge in [-0.2, -0.15) is 80.4 Å². The molecule has 0 fully saturated rings. The van der Waals surface area contributed by atoms with E-state index in [2.05, 4.69) is 51.2 Å². The highest BCUT2D eigenvalue weighted by molar-refractivity contribution is 7.87. The number of nitrogens with one attached hydrogen (secondary N) is 4. The van der Waals surface area contributed by atoms with Crippen LogP contribution in [0.2, 0.25) is 0 Å². The van der Waals surface area contributed by atoms with E-state index < -0.39 is 137 Å². The van der Waals surface area contributed by atoms with E-state index in [0.717, 1.165) is 50.6 Å². The molecule has 0 bridgehead atoms. The second-order valence-electron chi connectivity index (χ2n) is 13.4. The van der Waals surface area contributed by atoms with E-state index >= 15 is 0 Å². The third kappa shape index (κ3) is 12.9. The maximum Gasteiger partial charge on any atom is 0.322 e. The Bertz CT molecular complexity index is 3580. The van der Waals surface area contributed by atoms with Crippen molar-refractivity contribution in [1.29, 1.82) is 0 Å². The second-order valence-corrected chi connectivity index (χ2v) is 21.8. The molecule has 0 aliphatic carbocycles. The van der Waals surface area contributed by atoms with Crippen LogP contribution >= 0.6 is 0 Å². The molecule has 6 rings (SSSR count). The highest BCUT2D eigenvalue weighted by Crippen LogP contribution is 2.32. The molecule has 70 heavy (non-hydrogen) atoms. The quantitative estimate of drug-likeness (QED) is 0.0437. The van der Waals surface area contributed by atoms with Crippen LogP contribution in [0, 0.1) is 0 Å². The average Bonchev–Trinajstić information content (AvgIpc) is 3.24. The molecule has 10 N–H and O–H groups in total. The Morgan fingerprint density at radius 2 is 0.700 bits per heavy atom. The number of nitrogens with zero attached hydrogens (tertiary/aromatic N) is 6. The predicted octanol–water partition coefficient (Wildman–Crippen LogP) is 2.70. The summed E-state index contributed by atoms with van der Waals surface area (Å²) in [5.41, 5.74) is -2.10. The van der Waals surface area contributed by atoms with Crippen LogP contribution in [-0.4, -0.2) is 122 Å². The van der Waals surface area contributed by atoms with E-state index in [-0.39, 0.29) is 22.5 Å². The lowest BCUT2D eigenvalue weighted by Crippen LogP contribution is -2.10. The largest absolute Gasteiger partial charge is 0.467 e. The van der Waals surface area contributed by atoms with E-state index in [1.54, 1.807) is 0 Å². The Kier molecular flexibility index (Phi) is 14.5. The average molecular weight is 1090 g/mol. The van der Waals surface area contributed by atoms with Crippen LogP contribution in [0.25, 0.3) is 12.2 Å². The number of rotatable bonds is 18. The van der Waals surface area contributed by atoms with Gasteiger partial charge >= 0.3 is 12.0 Å². The van der Waals surface area contributed by atoms with Gasteiger partial charge in [-0.3, -0.25) is 27.3 Å². The Labute approximate surface area is 395 Å². The standard InChI is InChI=1S/C34H30N10O20S6/c1-63-33-41-29(39-31(43-33)37-23-15-21(65(45,46)47)9-11-25(23)67(51,52)53)35-19-7-5-17(27(13-19)69(57,58)59)3-4-18-6-8-20(14-28(18)70(60,61)62)36-30-40-32(44-34(42-30)64-2)38-24-16-22(66(48,49)50)10-12-26(24)68(54,55)56/h3-16H,1-2H3,(H,45,46,47)(H,48,49,50)(H,51,52,53)(H,54,55,56)(H,57,58,59)(H,60,61,62)(H2,35,37,39,41,43)(H2,36,38,40,42,44). The Morgan fingerprint density at radius 3 is 0.986 bits per heavy atom. The van der Waals surface area contributed by atoms with Crippen molar-refractivity contribution in [3.05, 3.63) is 83.9 Å². The monoisotopic (exact) mass is 1090 g/mol. The molecule has 2 heterocycles. The molecule has 0 aliphatic heterocycles. The molecule has 0 saturated carbocycles. The highest BCUT2D eigenvalue weighted by Gasteiger charge is 2.24. The molecule has 0 radical (unpaired) electrons. The molecule has 6 aromatic rings. The summed E-state index contributed by atoms with van der Waals surface area (Å²) in [7, 11) is -27.8. The normalized spacial score (nSPS) is 12.6. The van der Waals surface area contributed by atoms with Gasteiger partial charge in [0.05, 0.1) is 35.4 Å². The van der Waals surface area contributed by atoms with Gasteiger partial charge in [-0.25, -0.2) is 0 Å². The summed E-state index contributed by atoms with van der Waals surface area (Å²) in [6.45, 7) is 0. The first-order valence-electron chi connectivity index (χ1n) is 18.1. The number of ether oxygens (including phenoxy) is 2. The summed E-state index contributed by atoms with van der Waals surface area (Å²) >= 11 is 0.